The summed E-state index contributed by atoms with van der Waals surface area (Å²) < 4.78 is 1.96. The van der Waals surface area contributed by atoms with E-state index in [1.807, 2.05) is 52.9 Å². The van der Waals surface area contributed by atoms with Gasteiger partial charge in [0, 0.05) is 35.8 Å². The van der Waals surface area contributed by atoms with Gasteiger partial charge in [-0.15, -0.1) is 0 Å². The minimum atomic E-state index is -0.476. The number of fused-ring (bicyclic) bond motifs is 1. The van der Waals surface area contributed by atoms with E-state index in [1.54, 1.807) is 18.2 Å². The molecule has 2 saturated heterocycles. The lowest BCUT2D eigenvalue weighted by atomic mass is 10.1. The van der Waals surface area contributed by atoms with Gasteiger partial charge in [0.25, 0.3) is 11.1 Å². The molecule has 2 aliphatic rings. The van der Waals surface area contributed by atoms with Crippen LogP contribution in [0.4, 0.5) is 4.79 Å². The van der Waals surface area contributed by atoms with Crippen LogP contribution >= 0.6 is 11.8 Å². The first-order chi connectivity index (χ1) is 17.9. The van der Waals surface area contributed by atoms with Crippen molar-refractivity contribution in [2.24, 2.45) is 0 Å². The topological polar surface area (TPSA) is 79.7 Å². The Balaban J connectivity index is 1.43. The molecule has 3 heterocycles. The van der Waals surface area contributed by atoms with Crippen molar-refractivity contribution >= 4 is 51.6 Å². The minimum absolute atomic E-state index is 0.0850. The number of hydrogen-bond donors (Lipinski definition) is 0. The molecule has 0 radical (unpaired) electrons. The number of Topliss-reactive ketones (excluding diaryl/α,β-unsaturated/α-hetero) is 1. The van der Waals surface area contributed by atoms with E-state index in [2.05, 4.69) is 6.92 Å². The van der Waals surface area contributed by atoms with E-state index in [0.717, 1.165) is 76.6 Å². The van der Waals surface area contributed by atoms with Crippen molar-refractivity contribution in [2.75, 3.05) is 19.6 Å². The first-order valence-electron chi connectivity index (χ1n) is 12.6. The second-order valence-corrected chi connectivity index (χ2v) is 10.5. The summed E-state index contributed by atoms with van der Waals surface area (Å²) in [5.74, 6) is -0.675. The lowest BCUT2D eigenvalue weighted by Crippen LogP contribution is -2.33. The monoisotopic (exact) mass is 515 g/mol. The SMILES string of the molecule is CCc1cccc2c(/C=C3\SC(=O)N(CC(=O)c4ccc(C)cc4)C3=O)cn(CC(=O)N3CCCC3)c12. The minimum Gasteiger partial charge on any atom is -0.341 e. The Morgan fingerprint density at radius 2 is 1.73 bits per heavy atom. The molecule has 0 N–H and O–H groups in total. The molecule has 3 amide bonds. The van der Waals surface area contributed by atoms with Crippen LogP contribution in [-0.4, -0.2) is 56.8 Å². The van der Waals surface area contributed by atoms with Crippen molar-refractivity contribution in [2.45, 2.75) is 39.7 Å². The molecule has 190 valence electrons. The fourth-order valence-electron chi connectivity index (χ4n) is 4.95. The van der Waals surface area contributed by atoms with E-state index in [4.69, 9.17) is 0 Å². The third-order valence-electron chi connectivity index (χ3n) is 6.99. The van der Waals surface area contributed by atoms with Crippen LogP contribution in [0.2, 0.25) is 0 Å². The van der Waals surface area contributed by atoms with Crippen molar-refractivity contribution in [3.05, 3.63) is 75.8 Å². The summed E-state index contributed by atoms with van der Waals surface area (Å²) in [4.78, 5) is 54.7. The summed E-state index contributed by atoms with van der Waals surface area (Å²) in [6.07, 6.45) is 6.47. The summed E-state index contributed by atoms with van der Waals surface area (Å²) in [5, 5.41) is 0.468. The van der Waals surface area contributed by atoms with Crippen molar-refractivity contribution in [3.8, 4) is 0 Å². The molecular formula is C29H29N3O4S. The second-order valence-electron chi connectivity index (χ2n) is 9.52. The van der Waals surface area contributed by atoms with Crippen LogP contribution in [0.15, 0.2) is 53.6 Å². The quantitative estimate of drug-likeness (QED) is 0.325. The van der Waals surface area contributed by atoms with Crippen molar-refractivity contribution in [1.82, 2.24) is 14.4 Å². The lowest BCUT2D eigenvalue weighted by molar-refractivity contribution is -0.130. The number of aromatic nitrogens is 1. The number of carbonyl (C=O) groups excluding carboxylic acids is 4. The van der Waals surface area contributed by atoms with Crippen LogP contribution in [0.3, 0.4) is 0 Å². The predicted octanol–water partition coefficient (Wildman–Crippen LogP) is 5.05. The van der Waals surface area contributed by atoms with Crippen LogP contribution in [0.25, 0.3) is 17.0 Å². The Morgan fingerprint density at radius 3 is 2.43 bits per heavy atom. The number of nitrogens with zero attached hydrogens (tertiary/aromatic N) is 3. The molecule has 7 nitrogen and oxygen atoms in total. The number of para-hydroxylation sites is 1. The molecule has 5 rings (SSSR count). The maximum atomic E-state index is 13.2. The summed E-state index contributed by atoms with van der Waals surface area (Å²) in [5.41, 5.74) is 4.35. The highest BCUT2D eigenvalue weighted by Crippen LogP contribution is 2.35. The molecule has 0 aliphatic carbocycles. The van der Waals surface area contributed by atoms with Gasteiger partial charge in [0.15, 0.2) is 5.78 Å². The molecule has 3 aromatic rings. The highest BCUT2D eigenvalue weighted by Gasteiger charge is 2.36. The number of imide groups is 1. The van der Waals surface area contributed by atoms with Crippen molar-refractivity contribution in [3.63, 3.8) is 0 Å². The molecule has 0 saturated carbocycles. The smallest absolute Gasteiger partial charge is 0.293 e. The normalized spacial score (nSPS) is 17.0. The van der Waals surface area contributed by atoms with Crippen LogP contribution in [-0.2, 0) is 22.6 Å². The highest BCUT2D eigenvalue weighted by atomic mass is 32.2. The number of thioether (sulfide) groups is 1. The number of ketones is 1. The maximum Gasteiger partial charge on any atom is 0.293 e. The largest absolute Gasteiger partial charge is 0.341 e. The van der Waals surface area contributed by atoms with Crippen molar-refractivity contribution in [1.29, 1.82) is 0 Å². The molecule has 8 heteroatoms. The number of benzene rings is 2. The Labute approximate surface area is 220 Å². The molecule has 0 atom stereocenters. The highest BCUT2D eigenvalue weighted by molar-refractivity contribution is 8.18. The van der Waals surface area contributed by atoms with Gasteiger partial charge in [-0.2, -0.15) is 0 Å². The van der Waals surface area contributed by atoms with Gasteiger partial charge in [-0.3, -0.25) is 24.1 Å². The van der Waals surface area contributed by atoms with E-state index in [9.17, 15) is 19.2 Å². The summed E-state index contributed by atoms with van der Waals surface area (Å²) in [6.45, 7) is 5.52. The number of likely N-dealkylation sites (tertiary alicyclic amines) is 1. The van der Waals surface area contributed by atoms with Gasteiger partial charge < -0.3 is 9.47 Å². The maximum absolute atomic E-state index is 13.2. The number of hydrogen-bond acceptors (Lipinski definition) is 5. The zero-order valence-electron chi connectivity index (χ0n) is 21.0. The molecule has 0 spiro atoms. The molecule has 0 unspecified atom stereocenters. The fraction of sp³-hybridized carbons (Fsp3) is 0.310. The predicted molar refractivity (Wildman–Crippen MR) is 145 cm³/mol. The number of carbonyl (C=O) groups is 4. The average molecular weight is 516 g/mol. The van der Waals surface area contributed by atoms with E-state index in [1.165, 1.54) is 0 Å². The van der Waals surface area contributed by atoms with Gasteiger partial charge in [0.1, 0.15) is 6.54 Å². The molecular weight excluding hydrogens is 486 g/mol. The first-order valence-corrected chi connectivity index (χ1v) is 13.4. The van der Waals surface area contributed by atoms with Gasteiger partial charge in [0.05, 0.1) is 17.0 Å². The Bertz CT molecular complexity index is 1430. The molecule has 2 aromatic carbocycles. The molecule has 0 bridgehead atoms. The third-order valence-corrected chi connectivity index (χ3v) is 7.90. The summed E-state index contributed by atoms with van der Waals surface area (Å²) in [7, 11) is 0. The lowest BCUT2D eigenvalue weighted by Gasteiger charge is -2.16. The second kappa shape index (κ2) is 10.4. The van der Waals surface area contributed by atoms with Crippen LogP contribution < -0.4 is 0 Å². The summed E-state index contributed by atoms with van der Waals surface area (Å²) >= 11 is 0.840. The van der Waals surface area contributed by atoms with Crippen molar-refractivity contribution < 1.29 is 19.2 Å². The van der Waals surface area contributed by atoms with Gasteiger partial charge in [0.2, 0.25) is 5.91 Å². The van der Waals surface area contributed by atoms with E-state index in [-0.39, 0.29) is 29.7 Å². The Kier molecular flexibility index (Phi) is 7.02. The van der Waals surface area contributed by atoms with Crippen LogP contribution in [0.1, 0.15) is 46.8 Å². The van der Waals surface area contributed by atoms with E-state index in [0.29, 0.717) is 5.56 Å². The number of rotatable bonds is 7. The van der Waals surface area contributed by atoms with Gasteiger partial charge in [-0.25, -0.2) is 0 Å². The Morgan fingerprint density at radius 1 is 1.00 bits per heavy atom. The van der Waals surface area contributed by atoms with Gasteiger partial charge in [-0.05, 0) is 49.6 Å². The number of aryl methyl sites for hydroxylation is 2. The van der Waals surface area contributed by atoms with E-state index < -0.39 is 11.1 Å². The average Bonchev–Trinajstić information content (AvgIpc) is 3.61. The zero-order valence-corrected chi connectivity index (χ0v) is 21.8. The van der Waals surface area contributed by atoms with Crippen LogP contribution in [0, 0.1) is 6.92 Å². The van der Waals surface area contributed by atoms with E-state index >= 15 is 0 Å². The molecule has 1 aromatic heterocycles. The third kappa shape index (κ3) is 4.98. The summed E-state index contributed by atoms with van der Waals surface area (Å²) in [6, 6.07) is 13.1. The Hall–Kier alpha value is -3.65. The van der Waals surface area contributed by atoms with Gasteiger partial charge in [-0.1, -0.05) is 55.0 Å². The fourth-order valence-corrected chi connectivity index (χ4v) is 5.78. The standard InChI is InChI=1S/C29H29N3O4S/c1-3-20-7-6-8-23-22(16-31(27(20)23)18-26(34)30-13-4-5-14-30)15-25-28(35)32(29(36)37-25)17-24(33)21-11-9-19(2)10-12-21/h6-12,15-16H,3-5,13-14,17-18H2,1-2H3/b25-15-. The number of amides is 3. The molecule has 2 fully saturated rings. The molecule has 37 heavy (non-hydrogen) atoms. The van der Waals surface area contributed by atoms with Gasteiger partial charge >= 0.3 is 0 Å². The molecule has 2 aliphatic heterocycles. The zero-order chi connectivity index (χ0) is 26.1. The van der Waals surface area contributed by atoms with Crippen LogP contribution in [0.5, 0.6) is 0 Å². The first kappa shape index (κ1) is 25.0.